The Bertz CT molecular complexity index is 594. The molecular weight excluding hydrogens is 347 g/mol. The topological polar surface area (TPSA) is 40.6 Å². The lowest BCUT2D eigenvalue weighted by Gasteiger charge is -2.38. The fourth-order valence-corrected chi connectivity index (χ4v) is 4.21. The average Bonchev–Trinajstić information content (AvgIpc) is 2.41. The maximum Gasteiger partial charge on any atom is 0.243 e. The summed E-state index contributed by atoms with van der Waals surface area (Å²) >= 11 is 3.03. The zero-order chi connectivity index (χ0) is 14.9. The van der Waals surface area contributed by atoms with Crippen LogP contribution in [0.15, 0.2) is 27.6 Å². The molecule has 1 aliphatic rings. The van der Waals surface area contributed by atoms with Crippen LogP contribution in [0.1, 0.15) is 13.8 Å². The monoisotopic (exact) mass is 364 g/mol. The maximum absolute atomic E-state index is 13.5. The molecule has 2 rings (SSSR count). The van der Waals surface area contributed by atoms with E-state index in [0.717, 1.165) is 12.6 Å². The molecule has 0 saturated carbocycles. The maximum atomic E-state index is 13.5. The number of sulfonamides is 1. The van der Waals surface area contributed by atoms with Crippen LogP contribution < -0.4 is 0 Å². The summed E-state index contributed by atoms with van der Waals surface area (Å²) in [5, 5.41) is 0. The Morgan fingerprint density at radius 1 is 1.40 bits per heavy atom. The van der Waals surface area contributed by atoms with Crippen molar-refractivity contribution in [3.63, 3.8) is 0 Å². The van der Waals surface area contributed by atoms with Gasteiger partial charge in [0.2, 0.25) is 10.0 Å². The van der Waals surface area contributed by atoms with Gasteiger partial charge in [-0.25, -0.2) is 12.8 Å². The Balaban J connectivity index is 2.25. The molecule has 1 fully saturated rings. The third kappa shape index (κ3) is 3.05. The van der Waals surface area contributed by atoms with E-state index in [0.29, 0.717) is 19.6 Å². The average molecular weight is 365 g/mol. The molecule has 1 aromatic carbocycles. The molecular formula is C13H18BrFN2O2S. The van der Waals surface area contributed by atoms with Crippen molar-refractivity contribution in [1.29, 1.82) is 0 Å². The van der Waals surface area contributed by atoms with Crippen LogP contribution in [0.3, 0.4) is 0 Å². The molecule has 1 atom stereocenters. The molecule has 112 valence electrons. The summed E-state index contributed by atoms with van der Waals surface area (Å²) in [4.78, 5) is 2.24. The molecule has 1 aliphatic heterocycles. The molecule has 0 aliphatic carbocycles. The molecule has 1 unspecified atom stereocenters. The first-order chi connectivity index (χ1) is 9.36. The number of likely N-dealkylation sites (N-methyl/N-ethyl adjacent to an activating group) is 1. The Morgan fingerprint density at radius 2 is 2.10 bits per heavy atom. The minimum atomic E-state index is -3.62. The first kappa shape index (κ1) is 15.9. The highest BCUT2D eigenvalue weighted by Crippen LogP contribution is 2.23. The normalized spacial score (nSPS) is 22.1. The van der Waals surface area contributed by atoms with Crippen molar-refractivity contribution in [2.75, 3.05) is 26.2 Å². The highest BCUT2D eigenvalue weighted by atomic mass is 79.9. The van der Waals surface area contributed by atoms with Crippen LogP contribution >= 0.6 is 15.9 Å². The van der Waals surface area contributed by atoms with Gasteiger partial charge in [0, 0.05) is 25.7 Å². The number of hydrogen-bond acceptors (Lipinski definition) is 3. The second-order valence-corrected chi connectivity index (χ2v) is 7.71. The summed E-state index contributed by atoms with van der Waals surface area (Å²) < 4.78 is 40.3. The number of halogens is 2. The highest BCUT2D eigenvalue weighted by molar-refractivity contribution is 9.10. The van der Waals surface area contributed by atoms with Gasteiger partial charge in [-0.2, -0.15) is 4.31 Å². The van der Waals surface area contributed by atoms with E-state index in [9.17, 15) is 12.8 Å². The first-order valence-electron chi connectivity index (χ1n) is 6.55. The van der Waals surface area contributed by atoms with E-state index in [1.54, 1.807) is 0 Å². The lowest BCUT2D eigenvalue weighted by molar-refractivity contribution is 0.135. The lowest BCUT2D eigenvalue weighted by Crippen LogP contribution is -2.53. The first-order valence-corrected chi connectivity index (χ1v) is 8.78. The molecule has 0 spiro atoms. The largest absolute Gasteiger partial charge is 0.298 e. The Hall–Kier alpha value is -0.500. The van der Waals surface area contributed by atoms with Gasteiger partial charge in [-0.15, -0.1) is 0 Å². The van der Waals surface area contributed by atoms with Crippen molar-refractivity contribution >= 4 is 26.0 Å². The molecule has 0 amide bonds. The Labute approximate surface area is 127 Å². The fraction of sp³-hybridized carbons (Fsp3) is 0.538. The van der Waals surface area contributed by atoms with Gasteiger partial charge >= 0.3 is 0 Å². The van der Waals surface area contributed by atoms with Crippen LogP contribution in [0.5, 0.6) is 0 Å². The van der Waals surface area contributed by atoms with E-state index in [1.807, 2.05) is 6.92 Å². The predicted molar refractivity (Wildman–Crippen MR) is 79.6 cm³/mol. The molecule has 1 heterocycles. The molecule has 1 aromatic rings. The minimum absolute atomic E-state index is 0.00958. The minimum Gasteiger partial charge on any atom is -0.298 e. The number of hydrogen-bond donors (Lipinski definition) is 0. The fourth-order valence-electron chi connectivity index (χ4n) is 2.44. The molecule has 7 heteroatoms. The summed E-state index contributed by atoms with van der Waals surface area (Å²) in [6.45, 7) is 6.56. The van der Waals surface area contributed by atoms with Crippen LogP contribution in [-0.4, -0.2) is 49.8 Å². The third-order valence-corrected chi connectivity index (χ3v) is 6.17. The van der Waals surface area contributed by atoms with Gasteiger partial charge in [0.1, 0.15) is 5.82 Å². The van der Waals surface area contributed by atoms with Gasteiger partial charge in [0.05, 0.1) is 9.37 Å². The smallest absolute Gasteiger partial charge is 0.243 e. The Morgan fingerprint density at radius 3 is 2.65 bits per heavy atom. The predicted octanol–water partition coefficient (Wildman–Crippen LogP) is 2.30. The van der Waals surface area contributed by atoms with Crippen LogP contribution in [0.25, 0.3) is 0 Å². The van der Waals surface area contributed by atoms with Crippen molar-refractivity contribution < 1.29 is 12.8 Å². The van der Waals surface area contributed by atoms with Gasteiger partial charge in [-0.1, -0.05) is 6.92 Å². The number of benzene rings is 1. The van der Waals surface area contributed by atoms with Crippen molar-refractivity contribution in [3.8, 4) is 0 Å². The molecule has 0 N–H and O–H groups in total. The van der Waals surface area contributed by atoms with E-state index in [4.69, 9.17) is 0 Å². The van der Waals surface area contributed by atoms with E-state index in [2.05, 4.69) is 27.8 Å². The van der Waals surface area contributed by atoms with E-state index in [1.165, 1.54) is 16.4 Å². The Kier molecular flexibility index (Phi) is 4.84. The van der Waals surface area contributed by atoms with Crippen molar-refractivity contribution in [2.45, 2.75) is 24.8 Å². The molecule has 20 heavy (non-hydrogen) atoms. The van der Waals surface area contributed by atoms with Gasteiger partial charge < -0.3 is 0 Å². The van der Waals surface area contributed by atoms with Gasteiger partial charge in [-0.3, -0.25) is 4.90 Å². The number of rotatable bonds is 3. The number of nitrogens with zero attached hydrogens (tertiary/aromatic N) is 2. The van der Waals surface area contributed by atoms with Crippen LogP contribution in [0, 0.1) is 5.82 Å². The standard InChI is InChI=1S/C13H18BrFN2O2S/c1-3-16-6-7-17(9-10(16)2)20(18,19)11-4-5-12(14)13(15)8-11/h4-5,8,10H,3,6-7,9H2,1-2H3. The summed E-state index contributed by atoms with van der Waals surface area (Å²) in [7, 11) is -3.62. The van der Waals surface area contributed by atoms with Crippen molar-refractivity contribution in [2.24, 2.45) is 0 Å². The second-order valence-electron chi connectivity index (χ2n) is 4.92. The summed E-state index contributed by atoms with van der Waals surface area (Å²) in [6.07, 6.45) is 0. The van der Waals surface area contributed by atoms with E-state index < -0.39 is 15.8 Å². The van der Waals surface area contributed by atoms with Gasteiger partial charge in [0.15, 0.2) is 0 Å². The van der Waals surface area contributed by atoms with E-state index >= 15 is 0 Å². The third-order valence-electron chi connectivity index (χ3n) is 3.66. The quantitative estimate of drug-likeness (QED) is 0.826. The zero-order valence-electron chi connectivity index (χ0n) is 11.5. The summed E-state index contributed by atoms with van der Waals surface area (Å²) in [5.74, 6) is -0.564. The van der Waals surface area contributed by atoms with Gasteiger partial charge in [-0.05, 0) is 47.6 Å². The molecule has 0 radical (unpaired) electrons. The lowest BCUT2D eigenvalue weighted by atomic mass is 10.2. The summed E-state index contributed by atoms with van der Waals surface area (Å²) in [5.41, 5.74) is 0. The SMILES string of the molecule is CCN1CCN(S(=O)(=O)c2ccc(Br)c(F)c2)CC1C. The summed E-state index contributed by atoms with van der Waals surface area (Å²) in [6, 6.07) is 4.09. The molecule has 0 aromatic heterocycles. The molecule has 4 nitrogen and oxygen atoms in total. The molecule has 0 bridgehead atoms. The van der Waals surface area contributed by atoms with E-state index in [-0.39, 0.29) is 15.4 Å². The van der Waals surface area contributed by atoms with Crippen LogP contribution in [0.2, 0.25) is 0 Å². The highest BCUT2D eigenvalue weighted by Gasteiger charge is 2.31. The van der Waals surface area contributed by atoms with Crippen molar-refractivity contribution in [1.82, 2.24) is 9.21 Å². The van der Waals surface area contributed by atoms with Crippen molar-refractivity contribution in [3.05, 3.63) is 28.5 Å². The molecule has 1 saturated heterocycles. The zero-order valence-corrected chi connectivity index (χ0v) is 13.9. The number of piperazine rings is 1. The van der Waals surface area contributed by atoms with Gasteiger partial charge in [0.25, 0.3) is 0 Å². The van der Waals surface area contributed by atoms with Crippen LogP contribution in [0.4, 0.5) is 4.39 Å². The van der Waals surface area contributed by atoms with Crippen LogP contribution in [-0.2, 0) is 10.0 Å². The second kappa shape index (κ2) is 6.09.